The molecule has 102 valence electrons. The standard InChI is InChI=1S/C15H25NOS/c1-3-7-16-14(15-12(2)6-10-18-15)11-13-4-8-17-9-5-13/h6,10,13-14,16H,3-5,7-9,11H2,1-2H3. The van der Waals surface area contributed by atoms with Gasteiger partial charge in [0, 0.05) is 24.1 Å². The molecule has 1 atom stereocenters. The Morgan fingerprint density at radius 1 is 1.44 bits per heavy atom. The lowest BCUT2D eigenvalue weighted by Gasteiger charge is -2.27. The number of aryl methyl sites for hydroxylation is 1. The fraction of sp³-hybridized carbons (Fsp3) is 0.733. The molecule has 1 aliphatic rings. The topological polar surface area (TPSA) is 21.3 Å². The Morgan fingerprint density at radius 3 is 2.83 bits per heavy atom. The van der Waals surface area contributed by atoms with Crippen LogP contribution in [0.1, 0.15) is 49.1 Å². The molecule has 0 saturated carbocycles. The summed E-state index contributed by atoms with van der Waals surface area (Å²) in [6, 6.07) is 2.79. The first-order valence-corrected chi connectivity index (χ1v) is 8.04. The van der Waals surface area contributed by atoms with E-state index >= 15 is 0 Å². The largest absolute Gasteiger partial charge is 0.381 e. The van der Waals surface area contributed by atoms with Crippen LogP contribution >= 0.6 is 11.3 Å². The zero-order valence-electron chi connectivity index (χ0n) is 11.6. The molecule has 0 aliphatic carbocycles. The van der Waals surface area contributed by atoms with E-state index < -0.39 is 0 Å². The monoisotopic (exact) mass is 267 g/mol. The Bertz CT molecular complexity index is 344. The molecule has 3 heteroatoms. The smallest absolute Gasteiger partial charge is 0.0468 e. The van der Waals surface area contributed by atoms with Gasteiger partial charge in [0.25, 0.3) is 0 Å². The van der Waals surface area contributed by atoms with Crippen LogP contribution in [0, 0.1) is 12.8 Å². The summed E-state index contributed by atoms with van der Waals surface area (Å²) in [5.41, 5.74) is 1.45. The Kier molecular flexibility index (Phi) is 5.67. The molecule has 2 heterocycles. The third-order valence-corrected chi connectivity index (χ3v) is 4.90. The van der Waals surface area contributed by atoms with Gasteiger partial charge in [0.15, 0.2) is 0 Å². The maximum atomic E-state index is 5.46. The van der Waals surface area contributed by atoms with Crippen LogP contribution in [0.15, 0.2) is 11.4 Å². The zero-order chi connectivity index (χ0) is 12.8. The van der Waals surface area contributed by atoms with Gasteiger partial charge in [0.1, 0.15) is 0 Å². The normalized spacial score (nSPS) is 19.0. The minimum absolute atomic E-state index is 0.549. The third kappa shape index (κ3) is 3.81. The second-order valence-corrected chi connectivity index (χ2v) is 6.21. The van der Waals surface area contributed by atoms with Gasteiger partial charge in [-0.2, -0.15) is 0 Å². The summed E-state index contributed by atoms with van der Waals surface area (Å²) in [5, 5.41) is 5.95. The number of hydrogen-bond acceptors (Lipinski definition) is 3. The first kappa shape index (κ1) is 14.0. The molecule has 1 fully saturated rings. The molecule has 1 aromatic heterocycles. The van der Waals surface area contributed by atoms with Gasteiger partial charge in [0.05, 0.1) is 0 Å². The van der Waals surface area contributed by atoms with Crippen LogP contribution in [0.3, 0.4) is 0 Å². The number of rotatable bonds is 6. The molecule has 2 rings (SSSR count). The summed E-state index contributed by atoms with van der Waals surface area (Å²) in [4.78, 5) is 1.54. The van der Waals surface area contributed by atoms with Gasteiger partial charge in [-0.05, 0) is 62.1 Å². The Morgan fingerprint density at radius 2 is 2.22 bits per heavy atom. The van der Waals surface area contributed by atoms with Crippen LogP contribution in [-0.4, -0.2) is 19.8 Å². The Labute approximate surface area is 115 Å². The van der Waals surface area contributed by atoms with Gasteiger partial charge in [0.2, 0.25) is 0 Å². The predicted octanol–water partition coefficient (Wildman–Crippen LogP) is 3.91. The van der Waals surface area contributed by atoms with Crippen molar-refractivity contribution in [3.8, 4) is 0 Å². The van der Waals surface area contributed by atoms with Crippen molar-refractivity contribution >= 4 is 11.3 Å². The lowest BCUT2D eigenvalue weighted by Crippen LogP contribution is -2.26. The van der Waals surface area contributed by atoms with Crippen LogP contribution in [-0.2, 0) is 4.74 Å². The Balaban J connectivity index is 1.98. The molecule has 1 saturated heterocycles. The highest BCUT2D eigenvalue weighted by Crippen LogP contribution is 2.32. The molecule has 18 heavy (non-hydrogen) atoms. The molecule has 0 spiro atoms. The van der Waals surface area contributed by atoms with Crippen molar-refractivity contribution < 1.29 is 4.74 Å². The van der Waals surface area contributed by atoms with Crippen LogP contribution < -0.4 is 5.32 Å². The molecule has 1 aromatic rings. The van der Waals surface area contributed by atoms with Crippen molar-refractivity contribution in [2.45, 2.75) is 45.6 Å². The number of ether oxygens (including phenoxy) is 1. The molecule has 1 N–H and O–H groups in total. The van der Waals surface area contributed by atoms with E-state index in [1.807, 2.05) is 11.3 Å². The molecule has 0 bridgehead atoms. The summed E-state index contributed by atoms with van der Waals surface area (Å²) in [6.07, 6.45) is 4.93. The van der Waals surface area contributed by atoms with E-state index in [4.69, 9.17) is 4.74 Å². The predicted molar refractivity (Wildman–Crippen MR) is 78.3 cm³/mol. The summed E-state index contributed by atoms with van der Waals surface area (Å²) >= 11 is 1.90. The zero-order valence-corrected chi connectivity index (χ0v) is 12.4. The second-order valence-electron chi connectivity index (χ2n) is 5.27. The first-order chi connectivity index (χ1) is 8.81. The van der Waals surface area contributed by atoms with Crippen molar-refractivity contribution in [1.82, 2.24) is 5.32 Å². The lowest BCUT2D eigenvalue weighted by atomic mass is 9.91. The minimum Gasteiger partial charge on any atom is -0.381 e. The lowest BCUT2D eigenvalue weighted by molar-refractivity contribution is 0.0606. The fourth-order valence-electron chi connectivity index (χ4n) is 2.66. The van der Waals surface area contributed by atoms with Gasteiger partial charge < -0.3 is 10.1 Å². The second kappa shape index (κ2) is 7.27. The molecule has 2 nitrogen and oxygen atoms in total. The van der Waals surface area contributed by atoms with Crippen LogP contribution in [0.5, 0.6) is 0 Å². The van der Waals surface area contributed by atoms with Gasteiger partial charge in [-0.15, -0.1) is 11.3 Å². The molecule has 0 radical (unpaired) electrons. The van der Waals surface area contributed by atoms with Crippen molar-refractivity contribution in [2.75, 3.05) is 19.8 Å². The summed E-state index contributed by atoms with van der Waals surface area (Å²) in [7, 11) is 0. The molecule has 1 unspecified atom stereocenters. The number of nitrogens with one attached hydrogen (secondary N) is 1. The van der Waals surface area contributed by atoms with Crippen molar-refractivity contribution in [1.29, 1.82) is 0 Å². The highest BCUT2D eigenvalue weighted by atomic mass is 32.1. The van der Waals surface area contributed by atoms with E-state index in [0.717, 1.165) is 25.7 Å². The SMILES string of the molecule is CCCNC(CC1CCOCC1)c1sccc1C. The number of hydrogen-bond donors (Lipinski definition) is 1. The molecule has 0 aromatic carbocycles. The summed E-state index contributed by atoms with van der Waals surface area (Å²) in [5.74, 6) is 0.828. The summed E-state index contributed by atoms with van der Waals surface area (Å²) in [6.45, 7) is 7.49. The average molecular weight is 267 g/mol. The highest BCUT2D eigenvalue weighted by molar-refractivity contribution is 7.10. The van der Waals surface area contributed by atoms with Gasteiger partial charge in [-0.3, -0.25) is 0 Å². The first-order valence-electron chi connectivity index (χ1n) is 7.16. The van der Waals surface area contributed by atoms with Gasteiger partial charge in [-0.25, -0.2) is 0 Å². The molecule has 0 amide bonds. The molecule has 1 aliphatic heterocycles. The van der Waals surface area contributed by atoms with Crippen molar-refractivity contribution in [3.63, 3.8) is 0 Å². The quantitative estimate of drug-likeness (QED) is 0.843. The van der Waals surface area contributed by atoms with E-state index in [-0.39, 0.29) is 0 Å². The van der Waals surface area contributed by atoms with E-state index in [2.05, 4.69) is 30.6 Å². The van der Waals surface area contributed by atoms with Crippen molar-refractivity contribution in [2.24, 2.45) is 5.92 Å². The van der Waals surface area contributed by atoms with Crippen LogP contribution in [0.25, 0.3) is 0 Å². The fourth-order valence-corrected chi connectivity index (χ4v) is 3.68. The maximum Gasteiger partial charge on any atom is 0.0468 e. The number of thiophene rings is 1. The Hall–Kier alpha value is -0.380. The molecular weight excluding hydrogens is 242 g/mol. The van der Waals surface area contributed by atoms with Gasteiger partial charge >= 0.3 is 0 Å². The van der Waals surface area contributed by atoms with Crippen molar-refractivity contribution in [3.05, 3.63) is 21.9 Å². The highest BCUT2D eigenvalue weighted by Gasteiger charge is 2.21. The van der Waals surface area contributed by atoms with E-state index in [9.17, 15) is 0 Å². The van der Waals surface area contributed by atoms with Crippen LogP contribution in [0.2, 0.25) is 0 Å². The van der Waals surface area contributed by atoms with Gasteiger partial charge in [-0.1, -0.05) is 6.92 Å². The van der Waals surface area contributed by atoms with E-state index in [1.165, 1.54) is 36.1 Å². The van der Waals surface area contributed by atoms with E-state index in [0.29, 0.717) is 6.04 Å². The summed E-state index contributed by atoms with van der Waals surface area (Å²) < 4.78 is 5.46. The van der Waals surface area contributed by atoms with Crippen LogP contribution in [0.4, 0.5) is 0 Å². The average Bonchev–Trinajstić information content (AvgIpc) is 2.82. The third-order valence-electron chi connectivity index (χ3n) is 3.77. The molecular formula is C15H25NOS. The maximum absolute atomic E-state index is 5.46. The van der Waals surface area contributed by atoms with E-state index in [1.54, 1.807) is 0 Å². The minimum atomic E-state index is 0.549.